The first-order valence-electron chi connectivity index (χ1n) is 7.49. The van der Waals surface area contributed by atoms with Crippen molar-refractivity contribution in [2.75, 3.05) is 52.6 Å². The molecule has 1 aliphatic rings. The molecule has 0 bridgehead atoms. The molecule has 1 saturated heterocycles. The molecule has 2 rings (SSSR count). The molecule has 1 aliphatic heterocycles. The number of likely N-dealkylation sites (N-methyl/N-ethyl adjacent to an activating group) is 1. The summed E-state index contributed by atoms with van der Waals surface area (Å²) in [6, 6.07) is 7.62. The van der Waals surface area contributed by atoms with Crippen LogP contribution in [0.4, 0.5) is 5.69 Å². The standard InChI is InChI=1S/C16H27N3O/c1-18-8-6-14(7-9-18)13-19(2)10-11-20-16-5-3-4-15(17)12-16/h3-5,12,14H,6-11,13,17H2,1-2H3. The van der Waals surface area contributed by atoms with E-state index in [4.69, 9.17) is 10.5 Å². The van der Waals surface area contributed by atoms with Crippen LogP contribution in [0.15, 0.2) is 24.3 Å². The number of nitrogens with zero attached hydrogens (tertiary/aromatic N) is 2. The molecular weight excluding hydrogens is 250 g/mol. The van der Waals surface area contributed by atoms with Crippen molar-refractivity contribution in [3.63, 3.8) is 0 Å². The second-order valence-corrected chi connectivity index (χ2v) is 5.93. The lowest BCUT2D eigenvalue weighted by molar-refractivity contribution is 0.162. The van der Waals surface area contributed by atoms with E-state index in [2.05, 4.69) is 23.9 Å². The summed E-state index contributed by atoms with van der Waals surface area (Å²) in [5.74, 6) is 1.70. The largest absolute Gasteiger partial charge is 0.492 e. The number of anilines is 1. The molecule has 4 nitrogen and oxygen atoms in total. The van der Waals surface area contributed by atoms with Crippen LogP contribution in [0.2, 0.25) is 0 Å². The highest BCUT2D eigenvalue weighted by Crippen LogP contribution is 2.17. The molecule has 20 heavy (non-hydrogen) atoms. The molecule has 0 aliphatic carbocycles. The maximum atomic E-state index is 5.73. The maximum Gasteiger partial charge on any atom is 0.121 e. The summed E-state index contributed by atoms with van der Waals surface area (Å²) in [7, 11) is 4.39. The minimum atomic E-state index is 0.715. The Labute approximate surface area is 122 Å². The highest BCUT2D eigenvalue weighted by molar-refractivity contribution is 5.43. The Kier molecular flexibility index (Phi) is 5.68. The zero-order valence-electron chi connectivity index (χ0n) is 12.7. The predicted molar refractivity (Wildman–Crippen MR) is 84.1 cm³/mol. The van der Waals surface area contributed by atoms with Crippen LogP contribution in [0, 0.1) is 5.92 Å². The smallest absolute Gasteiger partial charge is 0.121 e. The van der Waals surface area contributed by atoms with Gasteiger partial charge < -0.3 is 20.3 Å². The lowest BCUT2D eigenvalue weighted by Gasteiger charge is -2.31. The average molecular weight is 277 g/mol. The molecule has 1 aromatic carbocycles. The van der Waals surface area contributed by atoms with Gasteiger partial charge in [0.05, 0.1) is 0 Å². The molecule has 0 saturated carbocycles. The van der Waals surface area contributed by atoms with E-state index in [1.54, 1.807) is 0 Å². The summed E-state index contributed by atoms with van der Waals surface area (Å²) in [4.78, 5) is 4.79. The Hall–Kier alpha value is -1.26. The Morgan fingerprint density at radius 2 is 2.10 bits per heavy atom. The van der Waals surface area contributed by atoms with Crippen molar-refractivity contribution in [3.05, 3.63) is 24.3 Å². The van der Waals surface area contributed by atoms with E-state index in [0.717, 1.165) is 23.9 Å². The minimum Gasteiger partial charge on any atom is -0.492 e. The lowest BCUT2D eigenvalue weighted by Crippen LogP contribution is -2.36. The summed E-state index contributed by atoms with van der Waals surface area (Å²) in [6.45, 7) is 5.32. The molecule has 0 spiro atoms. The zero-order chi connectivity index (χ0) is 14.4. The van der Waals surface area contributed by atoms with Crippen molar-refractivity contribution in [2.24, 2.45) is 5.92 Å². The molecule has 1 aromatic rings. The molecule has 0 aromatic heterocycles. The van der Waals surface area contributed by atoms with Gasteiger partial charge in [0.2, 0.25) is 0 Å². The van der Waals surface area contributed by atoms with Gasteiger partial charge in [0.25, 0.3) is 0 Å². The number of ether oxygens (including phenoxy) is 1. The number of benzene rings is 1. The summed E-state index contributed by atoms with van der Waals surface area (Å²) in [5.41, 5.74) is 6.48. The number of nitrogens with two attached hydrogens (primary N) is 1. The van der Waals surface area contributed by atoms with Gasteiger partial charge in [0.15, 0.2) is 0 Å². The first-order valence-corrected chi connectivity index (χ1v) is 7.49. The van der Waals surface area contributed by atoms with Crippen LogP contribution in [0.25, 0.3) is 0 Å². The molecule has 4 heteroatoms. The van der Waals surface area contributed by atoms with E-state index in [1.807, 2.05) is 24.3 Å². The average Bonchev–Trinajstić information content (AvgIpc) is 2.41. The Bertz CT molecular complexity index is 402. The molecule has 0 radical (unpaired) electrons. The summed E-state index contributed by atoms with van der Waals surface area (Å²) >= 11 is 0. The molecule has 2 N–H and O–H groups in total. The van der Waals surface area contributed by atoms with Crippen LogP contribution >= 0.6 is 0 Å². The van der Waals surface area contributed by atoms with Crippen molar-refractivity contribution >= 4 is 5.69 Å². The Morgan fingerprint density at radius 3 is 2.80 bits per heavy atom. The van der Waals surface area contributed by atoms with Gasteiger partial charge in [0, 0.05) is 24.8 Å². The van der Waals surface area contributed by atoms with E-state index >= 15 is 0 Å². The molecule has 0 unspecified atom stereocenters. The summed E-state index contributed by atoms with van der Waals surface area (Å²) in [6.07, 6.45) is 2.63. The quantitative estimate of drug-likeness (QED) is 0.807. The van der Waals surface area contributed by atoms with Gasteiger partial charge in [-0.25, -0.2) is 0 Å². The summed E-state index contributed by atoms with van der Waals surface area (Å²) in [5, 5.41) is 0. The van der Waals surface area contributed by atoms with Gasteiger partial charge in [-0.15, -0.1) is 0 Å². The molecule has 0 amide bonds. The van der Waals surface area contributed by atoms with E-state index in [-0.39, 0.29) is 0 Å². The Morgan fingerprint density at radius 1 is 1.35 bits per heavy atom. The molecule has 0 atom stereocenters. The second kappa shape index (κ2) is 7.50. The third-order valence-electron chi connectivity index (χ3n) is 4.01. The van der Waals surface area contributed by atoms with Crippen LogP contribution in [-0.4, -0.2) is 56.7 Å². The van der Waals surface area contributed by atoms with Crippen LogP contribution in [-0.2, 0) is 0 Å². The number of rotatable bonds is 6. The molecule has 1 fully saturated rings. The van der Waals surface area contributed by atoms with Crippen molar-refractivity contribution in [3.8, 4) is 5.75 Å². The minimum absolute atomic E-state index is 0.715. The highest BCUT2D eigenvalue weighted by Gasteiger charge is 2.17. The van der Waals surface area contributed by atoms with E-state index < -0.39 is 0 Å². The van der Waals surface area contributed by atoms with Gasteiger partial charge in [-0.2, -0.15) is 0 Å². The maximum absolute atomic E-state index is 5.73. The normalized spacial score (nSPS) is 17.6. The molecule has 1 heterocycles. The van der Waals surface area contributed by atoms with Crippen molar-refractivity contribution in [1.29, 1.82) is 0 Å². The first-order chi connectivity index (χ1) is 9.63. The number of hydrogen-bond acceptors (Lipinski definition) is 4. The molecular formula is C16H27N3O. The SMILES string of the molecule is CN1CCC(CN(C)CCOc2cccc(N)c2)CC1. The topological polar surface area (TPSA) is 41.7 Å². The zero-order valence-corrected chi connectivity index (χ0v) is 12.7. The third kappa shape index (κ3) is 5.02. The number of likely N-dealkylation sites (tertiary alicyclic amines) is 1. The molecule has 112 valence electrons. The van der Waals surface area contributed by atoms with Crippen molar-refractivity contribution in [2.45, 2.75) is 12.8 Å². The first kappa shape index (κ1) is 15.1. The fourth-order valence-corrected chi connectivity index (χ4v) is 2.70. The van der Waals surface area contributed by atoms with Gasteiger partial charge in [0.1, 0.15) is 12.4 Å². The fourth-order valence-electron chi connectivity index (χ4n) is 2.70. The fraction of sp³-hybridized carbons (Fsp3) is 0.625. The van der Waals surface area contributed by atoms with E-state index in [0.29, 0.717) is 6.61 Å². The van der Waals surface area contributed by atoms with E-state index in [1.165, 1.54) is 32.5 Å². The monoisotopic (exact) mass is 277 g/mol. The predicted octanol–water partition coefficient (Wildman–Crippen LogP) is 1.92. The van der Waals surface area contributed by atoms with Crippen molar-refractivity contribution < 1.29 is 4.74 Å². The van der Waals surface area contributed by atoms with Gasteiger partial charge in [-0.05, 0) is 58.1 Å². The van der Waals surface area contributed by atoms with Crippen LogP contribution < -0.4 is 10.5 Å². The number of piperidine rings is 1. The second-order valence-electron chi connectivity index (χ2n) is 5.93. The van der Waals surface area contributed by atoms with Crippen LogP contribution in [0.5, 0.6) is 5.75 Å². The van der Waals surface area contributed by atoms with Crippen molar-refractivity contribution in [1.82, 2.24) is 9.80 Å². The van der Waals surface area contributed by atoms with Crippen LogP contribution in [0.3, 0.4) is 0 Å². The Balaban J connectivity index is 1.64. The number of nitrogen functional groups attached to an aromatic ring is 1. The summed E-state index contributed by atoms with van der Waals surface area (Å²) < 4.78 is 5.73. The highest BCUT2D eigenvalue weighted by atomic mass is 16.5. The number of hydrogen-bond donors (Lipinski definition) is 1. The van der Waals surface area contributed by atoms with Crippen LogP contribution in [0.1, 0.15) is 12.8 Å². The van der Waals surface area contributed by atoms with E-state index in [9.17, 15) is 0 Å². The van der Waals surface area contributed by atoms with Gasteiger partial charge >= 0.3 is 0 Å². The van der Waals surface area contributed by atoms with Gasteiger partial charge in [-0.3, -0.25) is 0 Å². The third-order valence-corrected chi connectivity index (χ3v) is 4.01. The lowest BCUT2D eigenvalue weighted by atomic mass is 9.97. The van der Waals surface area contributed by atoms with Gasteiger partial charge in [-0.1, -0.05) is 6.07 Å².